The van der Waals surface area contributed by atoms with E-state index in [4.69, 9.17) is 4.74 Å². The van der Waals surface area contributed by atoms with Crippen LogP contribution in [0.4, 0.5) is 9.18 Å². The van der Waals surface area contributed by atoms with Crippen molar-refractivity contribution in [3.05, 3.63) is 60.0 Å². The van der Waals surface area contributed by atoms with Gasteiger partial charge in [0.1, 0.15) is 11.4 Å². The zero-order chi connectivity index (χ0) is 21.2. The normalized spacial score (nSPS) is 12.1. The van der Waals surface area contributed by atoms with Crippen LogP contribution in [0.25, 0.3) is 10.9 Å². The largest absolute Gasteiger partial charge is 0.444 e. The number of fused-ring (bicyclic) bond motifs is 1. The van der Waals surface area contributed by atoms with Crippen molar-refractivity contribution in [1.82, 2.24) is 10.3 Å². The van der Waals surface area contributed by atoms with Crippen molar-refractivity contribution in [3.63, 3.8) is 0 Å². The van der Waals surface area contributed by atoms with Gasteiger partial charge in [0.15, 0.2) is 0 Å². The van der Waals surface area contributed by atoms with Crippen LogP contribution >= 0.6 is 0 Å². The quantitative estimate of drug-likeness (QED) is 0.650. The van der Waals surface area contributed by atoms with E-state index in [0.717, 1.165) is 17.0 Å². The molecule has 0 fully saturated rings. The topological polar surface area (TPSA) is 88.3 Å². The lowest BCUT2D eigenvalue weighted by atomic mass is 10.1. The fraction of sp³-hybridized carbons (Fsp3) is 0.286. The third kappa shape index (κ3) is 4.95. The lowest BCUT2D eigenvalue weighted by Crippen LogP contribution is -2.33. The van der Waals surface area contributed by atoms with Crippen molar-refractivity contribution in [2.75, 3.05) is 6.54 Å². The Kier molecular flexibility index (Phi) is 5.66. The van der Waals surface area contributed by atoms with Crippen molar-refractivity contribution in [3.8, 4) is 0 Å². The molecule has 3 aromatic rings. The highest BCUT2D eigenvalue weighted by molar-refractivity contribution is 7.91. The van der Waals surface area contributed by atoms with Crippen LogP contribution in [-0.4, -0.2) is 31.6 Å². The number of ether oxygens (including phenoxy) is 1. The number of nitrogens with one attached hydrogen (secondary N) is 2. The molecule has 2 aromatic carbocycles. The average molecular weight is 418 g/mol. The van der Waals surface area contributed by atoms with Crippen molar-refractivity contribution in [1.29, 1.82) is 0 Å². The molecule has 0 radical (unpaired) electrons. The van der Waals surface area contributed by atoms with Gasteiger partial charge in [0.25, 0.3) is 0 Å². The molecule has 3 rings (SSSR count). The van der Waals surface area contributed by atoms with E-state index in [0.29, 0.717) is 18.5 Å². The lowest BCUT2D eigenvalue weighted by molar-refractivity contribution is 0.0528. The number of alkyl carbamates (subject to hydrolysis) is 1. The van der Waals surface area contributed by atoms with E-state index in [1.54, 1.807) is 33.0 Å². The highest BCUT2D eigenvalue weighted by atomic mass is 32.2. The Hall–Kier alpha value is -2.87. The molecular weight excluding hydrogens is 395 g/mol. The number of sulfone groups is 1. The number of halogens is 1. The second-order valence-electron chi connectivity index (χ2n) is 7.66. The molecule has 0 aliphatic heterocycles. The fourth-order valence-corrected chi connectivity index (χ4v) is 4.24. The number of aromatic amines is 1. The highest BCUT2D eigenvalue weighted by Crippen LogP contribution is 2.26. The molecule has 1 amide bonds. The summed E-state index contributed by atoms with van der Waals surface area (Å²) in [6.45, 7) is 5.76. The summed E-state index contributed by atoms with van der Waals surface area (Å²) in [6, 6.07) is 9.67. The van der Waals surface area contributed by atoms with Gasteiger partial charge >= 0.3 is 6.09 Å². The van der Waals surface area contributed by atoms with Gasteiger partial charge in [-0.05, 0) is 63.1 Å². The molecule has 0 unspecified atom stereocenters. The Labute approximate surface area is 169 Å². The van der Waals surface area contributed by atoms with Crippen LogP contribution in [0.15, 0.2) is 58.5 Å². The monoisotopic (exact) mass is 418 g/mol. The summed E-state index contributed by atoms with van der Waals surface area (Å²) in [5.41, 5.74) is 1.02. The van der Waals surface area contributed by atoms with Crippen molar-refractivity contribution in [2.24, 2.45) is 0 Å². The van der Waals surface area contributed by atoms with Gasteiger partial charge in [-0.2, -0.15) is 0 Å². The SMILES string of the molecule is CC(C)(C)OC(=O)NCCc1c[nH]c2cc(S(=O)(=O)c3cccc(F)c3)ccc12. The lowest BCUT2D eigenvalue weighted by Gasteiger charge is -2.19. The van der Waals surface area contributed by atoms with Crippen LogP contribution in [-0.2, 0) is 21.0 Å². The second-order valence-corrected chi connectivity index (χ2v) is 9.61. The molecule has 0 aliphatic carbocycles. The highest BCUT2D eigenvalue weighted by Gasteiger charge is 2.20. The minimum atomic E-state index is -3.82. The molecule has 1 heterocycles. The van der Waals surface area contributed by atoms with Gasteiger partial charge in [0, 0.05) is 23.6 Å². The summed E-state index contributed by atoms with van der Waals surface area (Å²) in [7, 11) is -3.82. The van der Waals surface area contributed by atoms with Crippen LogP contribution in [0.5, 0.6) is 0 Å². The van der Waals surface area contributed by atoms with Gasteiger partial charge in [0.2, 0.25) is 9.84 Å². The smallest absolute Gasteiger partial charge is 0.407 e. The van der Waals surface area contributed by atoms with Gasteiger partial charge in [0.05, 0.1) is 9.79 Å². The number of benzene rings is 2. The molecule has 2 N–H and O–H groups in total. The van der Waals surface area contributed by atoms with Crippen LogP contribution in [0.1, 0.15) is 26.3 Å². The predicted octanol–water partition coefficient (Wildman–Crippen LogP) is 4.21. The van der Waals surface area contributed by atoms with E-state index in [1.807, 2.05) is 0 Å². The number of amides is 1. The van der Waals surface area contributed by atoms with E-state index in [2.05, 4.69) is 10.3 Å². The summed E-state index contributed by atoms with van der Waals surface area (Å²) in [5, 5.41) is 3.55. The van der Waals surface area contributed by atoms with Gasteiger partial charge in [-0.25, -0.2) is 17.6 Å². The second kappa shape index (κ2) is 7.87. The van der Waals surface area contributed by atoms with Crippen molar-refractivity contribution < 1.29 is 22.3 Å². The van der Waals surface area contributed by atoms with E-state index < -0.39 is 27.3 Å². The summed E-state index contributed by atoms with van der Waals surface area (Å²) < 4.78 is 44.1. The molecule has 0 spiro atoms. The Morgan fingerprint density at radius 1 is 1.14 bits per heavy atom. The van der Waals surface area contributed by atoms with E-state index in [9.17, 15) is 17.6 Å². The predicted molar refractivity (Wildman–Crippen MR) is 108 cm³/mol. The summed E-state index contributed by atoms with van der Waals surface area (Å²) in [5.74, 6) is -0.605. The van der Waals surface area contributed by atoms with Crippen LogP contribution < -0.4 is 5.32 Å². The third-order valence-corrected chi connectivity index (χ3v) is 5.97. The maximum atomic E-state index is 13.4. The third-order valence-electron chi connectivity index (χ3n) is 4.22. The number of H-pyrrole nitrogens is 1. The number of rotatable bonds is 5. The number of carbonyl (C=O) groups excluding carboxylic acids is 1. The first-order valence-electron chi connectivity index (χ1n) is 9.14. The zero-order valence-electron chi connectivity index (χ0n) is 16.5. The number of hydrogen-bond acceptors (Lipinski definition) is 4. The van der Waals surface area contributed by atoms with E-state index >= 15 is 0 Å². The molecular formula is C21H23FN2O4S. The minimum absolute atomic E-state index is 0.0795. The minimum Gasteiger partial charge on any atom is -0.444 e. The van der Waals surface area contributed by atoms with Gasteiger partial charge < -0.3 is 15.0 Å². The van der Waals surface area contributed by atoms with Crippen LogP contribution in [0.3, 0.4) is 0 Å². The van der Waals surface area contributed by atoms with Gasteiger partial charge in [-0.1, -0.05) is 12.1 Å². The molecule has 1 aromatic heterocycles. The van der Waals surface area contributed by atoms with E-state index in [1.165, 1.54) is 30.3 Å². The van der Waals surface area contributed by atoms with Crippen molar-refractivity contribution in [2.45, 2.75) is 42.6 Å². The molecule has 29 heavy (non-hydrogen) atoms. The first-order valence-corrected chi connectivity index (χ1v) is 10.6. The standard InChI is InChI=1S/C21H23FN2O4S/c1-21(2,3)28-20(25)23-10-9-14-13-24-19-12-17(7-8-18(14)19)29(26,27)16-6-4-5-15(22)11-16/h4-8,11-13,24H,9-10H2,1-3H3,(H,23,25). The summed E-state index contributed by atoms with van der Waals surface area (Å²) >= 11 is 0. The van der Waals surface area contributed by atoms with Gasteiger partial charge in [-0.15, -0.1) is 0 Å². The Balaban J connectivity index is 1.76. The maximum Gasteiger partial charge on any atom is 0.407 e. The molecule has 0 bridgehead atoms. The number of carbonyl (C=O) groups is 1. The fourth-order valence-electron chi connectivity index (χ4n) is 2.92. The molecule has 0 aliphatic rings. The molecule has 8 heteroatoms. The summed E-state index contributed by atoms with van der Waals surface area (Å²) in [6.07, 6.45) is 1.84. The molecule has 154 valence electrons. The first-order chi connectivity index (χ1) is 13.6. The Morgan fingerprint density at radius 2 is 1.86 bits per heavy atom. The Bertz CT molecular complexity index is 1150. The average Bonchev–Trinajstić information content (AvgIpc) is 3.02. The van der Waals surface area contributed by atoms with Crippen LogP contribution in [0.2, 0.25) is 0 Å². The van der Waals surface area contributed by atoms with Crippen molar-refractivity contribution >= 4 is 26.8 Å². The van der Waals surface area contributed by atoms with Crippen LogP contribution in [0, 0.1) is 5.82 Å². The first kappa shape index (κ1) is 20.9. The summed E-state index contributed by atoms with van der Waals surface area (Å²) in [4.78, 5) is 14.8. The molecule has 0 saturated carbocycles. The molecule has 6 nitrogen and oxygen atoms in total. The number of aromatic nitrogens is 1. The Morgan fingerprint density at radius 3 is 2.55 bits per heavy atom. The number of hydrogen-bond donors (Lipinski definition) is 2. The molecule has 0 atom stereocenters. The van der Waals surface area contributed by atoms with Gasteiger partial charge in [-0.3, -0.25) is 0 Å². The zero-order valence-corrected chi connectivity index (χ0v) is 17.3. The maximum absolute atomic E-state index is 13.4. The molecule has 0 saturated heterocycles. The van der Waals surface area contributed by atoms with E-state index in [-0.39, 0.29) is 9.79 Å².